The van der Waals surface area contributed by atoms with Gasteiger partial charge in [0.1, 0.15) is 46.5 Å². The van der Waals surface area contributed by atoms with Gasteiger partial charge in [0.2, 0.25) is 0 Å². The quantitative estimate of drug-likeness (QED) is 0.0862. The van der Waals surface area contributed by atoms with Gasteiger partial charge in [-0.3, -0.25) is 0 Å². The molecule has 0 saturated carbocycles. The summed E-state index contributed by atoms with van der Waals surface area (Å²) in [5.41, 5.74) is 12.2. The second kappa shape index (κ2) is 31.1. The van der Waals surface area contributed by atoms with Gasteiger partial charge in [-0.2, -0.15) is 10.5 Å². The molecule has 0 bridgehead atoms. The predicted molar refractivity (Wildman–Crippen MR) is 498 cm³/mol. The molecule has 0 saturated heterocycles. The Balaban J connectivity index is 0.707. The first-order valence-corrected chi connectivity index (χ1v) is 41.7. The van der Waals surface area contributed by atoms with E-state index < -0.39 is 23.3 Å². The zero-order valence-corrected chi connectivity index (χ0v) is 68.7. The van der Waals surface area contributed by atoms with Crippen LogP contribution in [0.4, 0.5) is 17.6 Å². The average molecular weight is 1710 g/mol. The maximum atomic E-state index is 17.1. The van der Waals surface area contributed by atoms with Crippen molar-refractivity contribution in [1.82, 2.24) is 98.0 Å². The van der Waals surface area contributed by atoms with E-state index in [1.54, 1.807) is 166 Å². The molecular formula is C106H56F4N22. The summed E-state index contributed by atoms with van der Waals surface area (Å²) in [6.45, 7) is 0. The molecule has 0 fully saturated rings. The molecule has 0 unspecified atom stereocenters. The maximum Gasteiger partial charge on any atom is 0.159 e. The standard InChI is InChI=1S/C106H56F4N22/c107-81-10-1-11-82(108)97(81)66-49-92(129-85-24-17-59(99-113-28-3-29-114-99)42-73(85)74-43-60(18-25-86(74)129)100-115-30-4-31-116-100)79(55-111)93(50-66)130-87-26-19-61(101-117-32-5-33-118-101)44-75(87)76-45-62(20-27-88(76)130)105-127-57-68(58-128-105)72-53-77-71-23-16-65(104-123-38-8-39-124-104)48-91(71)132(96(77)54-78(72)106-125-40-9-41-126-106)95-52-67(98-83(109)12-2-13-84(98)110)51-94(80(95)56-112)131-89-46-63(102-119-34-6-35-120-102)14-21-69(89)70-22-15-64(47-90(70)131)103-121-36-7-37-122-103/h1-54,57-58H. The van der Waals surface area contributed by atoms with Crippen molar-refractivity contribution in [2.75, 3.05) is 0 Å². The Morgan fingerprint density at radius 1 is 0.197 bits per heavy atom. The third-order valence-electron chi connectivity index (χ3n) is 24.1. The fourth-order valence-electron chi connectivity index (χ4n) is 18.3. The highest BCUT2D eigenvalue weighted by atomic mass is 19.1. The molecule has 12 aromatic heterocycles. The van der Waals surface area contributed by atoms with Crippen molar-refractivity contribution < 1.29 is 17.6 Å². The van der Waals surface area contributed by atoms with Crippen molar-refractivity contribution in [2.45, 2.75) is 0 Å². The molecule has 0 radical (unpaired) electrons. The molecule has 12 aromatic carbocycles. The van der Waals surface area contributed by atoms with Crippen LogP contribution in [0.1, 0.15) is 11.1 Å². The van der Waals surface area contributed by atoms with Crippen molar-refractivity contribution in [3.63, 3.8) is 0 Å². The molecule has 0 aliphatic carbocycles. The first kappa shape index (κ1) is 76.8. The molecule has 24 rings (SSSR count). The second-order valence-electron chi connectivity index (χ2n) is 31.4. The van der Waals surface area contributed by atoms with E-state index in [2.05, 4.69) is 62.0 Å². The normalized spacial score (nSPS) is 11.6. The van der Waals surface area contributed by atoms with Gasteiger partial charge in [0, 0.05) is 192 Å². The molecule has 12 heterocycles. The van der Waals surface area contributed by atoms with Crippen molar-refractivity contribution >= 4 is 87.2 Å². The second-order valence-corrected chi connectivity index (χ2v) is 31.4. The molecule has 0 spiro atoms. The Kier molecular flexibility index (Phi) is 18.1. The van der Waals surface area contributed by atoms with Crippen LogP contribution in [0.2, 0.25) is 0 Å². The number of hydrogen-bond donors (Lipinski definition) is 0. The Bertz CT molecular complexity index is 8730. The Labute approximate surface area is 744 Å². The molecule has 0 N–H and O–H groups in total. The van der Waals surface area contributed by atoms with E-state index in [1.807, 2.05) is 158 Å². The number of hydrogen-bond acceptors (Lipinski definition) is 18. The predicted octanol–water partition coefficient (Wildman–Crippen LogP) is 23.0. The lowest BCUT2D eigenvalue weighted by Crippen LogP contribution is -2.06. The minimum absolute atomic E-state index is 0.108. The highest BCUT2D eigenvalue weighted by molar-refractivity contribution is 6.17. The van der Waals surface area contributed by atoms with Gasteiger partial charge in [0.25, 0.3) is 0 Å². The molecule has 0 aliphatic heterocycles. The fourth-order valence-corrected chi connectivity index (χ4v) is 18.3. The molecule has 618 valence electrons. The summed E-state index contributed by atoms with van der Waals surface area (Å²) in [4.78, 5) is 75.8. The van der Waals surface area contributed by atoms with E-state index in [-0.39, 0.29) is 44.8 Å². The van der Waals surface area contributed by atoms with E-state index >= 15 is 17.6 Å². The Hall–Kier alpha value is -18.8. The van der Waals surface area contributed by atoms with Crippen LogP contribution in [0.5, 0.6) is 0 Å². The van der Waals surface area contributed by atoms with E-state index in [4.69, 9.17) is 29.9 Å². The zero-order chi connectivity index (χ0) is 88.3. The number of halogens is 4. The molecule has 132 heavy (non-hydrogen) atoms. The van der Waals surface area contributed by atoms with Gasteiger partial charge < -0.3 is 18.3 Å². The van der Waals surface area contributed by atoms with E-state index in [0.29, 0.717) is 168 Å². The first-order valence-electron chi connectivity index (χ1n) is 41.7. The summed E-state index contributed by atoms with van der Waals surface area (Å²) in [7, 11) is 0. The Morgan fingerprint density at radius 2 is 0.439 bits per heavy atom. The van der Waals surface area contributed by atoms with Gasteiger partial charge in [-0.25, -0.2) is 97.3 Å². The van der Waals surface area contributed by atoms with Gasteiger partial charge in [0.05, 0.1) is 78.0 Å². The molecule has 0 amide bonds. The number of benzene rings is 12. The SMILES string of the molecule is N#Cc1c(-n2c3ccc(-c4ncccn4)cc3c3cc(-c4ncccn4)ccc32)cc(-c2c(F)cccc2F)cc1-n1c2ccc(-c3ncccn3)cc2c2cc(-c3ncc(-c4cc5c6ccc(-c7ncccn7)cc6n(-c6cc(-c7c(F)cccc7F)cc(-n7c8cc(-c9ncccn9)ccc8c8ccc(-c9ncccn9)cc87)c6C#N)c5cc4-c4ncccn4)cn3)ccc21. The van der Waals surface area contributed by atoms with Gasteiger partial charge >= 0.3 is 0 Å². The van der Waals surface area contributed by atoms with Crippen LogP contribution in [0, 0.1) is 45.9 Å². The van der Waals surface area contributed by atoms with E-state index in [1.165, 1.54) is 36.4 Å². The summed E-state index contributed by atoms with van der Waals surface area (Å²) < 4.78 is 75.6. The van der Waals surface area contributed by atoms with E-state index in [0.717, 1.165) is 32.7 Å². The van der Waals surface area contributed by atoms with Gasteiger partial charge in [-0.1, -0.05) is 48.5 Å². The fraction of sp³-hybridized carbons (Fsp3) is 0. The van der Waals surface area contributed by atoms with E-state index in [9.17, 15) is 10.5 Å². The van der Waals surface area contributed by atoms with Gasteiger partial charge in [0.15, 0.2) is 46.6 Å². The summed E-state index contributed by atoms with van der Waals surface area (Å²) in [6.07, 6.45) is 26.7. The van der Waals surface area contributed by atoms with Gasteiger partial charge in [-0.05, 0) is 211 Å². The molecule has 24 aromatic rings. The smallest absolute Gasteiger partial charge is 0.159 e. The highest BCUT2D eigenvalue weighted by Gasteiger charge is 2.31. The molecule has 26 heteroatoms. The van der Waals surface area contributed by atoms with Crippen molar-refractivity contribution in [3.05, 3.63) is 376 Å². The summed E-state index contributed by atoms with van der Waals surface area (Å²) >= 11 is 0. The van der Waals surface area contributed by atoms with Crippen LogP contribution >= 0.6 is 0 Å². The summed E-state index contributed by atoms with van der Waals surface area (Å²) in [6, 6.07) is 76.3. The van der Waals surface area contributed by atoms with Crippen LogP contribution in [0.3, 0.4) is 0 Å². The summed E-state index contributed by atoms with van der Waals surface area (Å²) in [5, 5.41) is 30.3. The Morgan fingerprint density at radius 3 is 0.735 bits per heavy atom. The van der Waals surface area contributed by atoms with Crippen LogP contribution in [0.15, 0.2) is 342 Å². The molecule has 0 atom stereocenters. The number of fused-ring (bicyclic) bond motifs is 12. The summed E-state index contributed by atoms with van der Waals surface area (Å²) in [5.74, 6) is 0.0332. The van der Waals surface area contributed by atoms with Crippen LogP contribution in [0.25, 0.3) is 234 Å². The van der Waals surface area contributed by atoms with Crippen LogP contribution in [-0.2, 0) is 0 Å². The van der Waals surface area contributed by atoms with Crippen molar-refractivity contribution in [3.8, 4) is 159 Å². The zero-order valence-electron chi connectivity index (χ0n) is 68.7. The number of nitrogens with zero attached hydrogens (tertiary/aromatic N) is 22. The average Bonchev–Trinajstić information content (AvgIpc) is 1.56. The lowest BCUT2D eigenvalue weighted by molar-refractivity contribution is 0.589. The third-order valence-corrected chi connectivity index (χ3v) is 24.1. The van der Waals surface area contributed by atoms with Crippen LogP contribution < -0.4 is 0 Å². The minimum Gasteiger partial charge on any atom is -0.308 e. The first-order chi connectivity index (χ1) is 65.0. The molecule has 0 aliphatic rings. The largest absolute Gasteiger partial charge is 0.308 e. The topological polar surface area (TPSA) is 274 Å². The molecular weight excluding hydrogens is 1660 g/mol. The minimum atomic E-state index is -0.841. The monoisotopic (exact) mass is 1710 g/mol. The maximum absolute atomic E-state index is 17.1. The lowest BCUT2D eigenvalue weighted by Gasteiger charge is -2.19. The van der Waals surface area contributed by atoms with Crippen molar-refractivity contribution in [2.24, 2.45) is 0 Å². The number of nitriles is 2. The van der Waals surface area contributed by atoms with Gasteiger partial charge in [-0.15, -0.1) is 0 Å². The highest BCUT2D eigenvalue weighted by Crippen LogP contribution is 2.49. The number of aromatic nitrogens is 20. The third kappa shape index (κ3) is 12.7. The lowest BCUT2D eigenvalue weighted by atomic mass is 9.97. The molecule has 22 nitrogen and oxygen atoms in total. The van der Waals surface area contributed by atoms with Crippen molar-refractivity contribution in [1.29, 1.82) is 10.5 Å². The number of rotatable bonds is 15. The van der Waals surface area contributed by atoms with Crippen LogP contribution in [-0.4, -0.2) is 98.0 Å².